The smallest absolute Gasteiger partial charge is 0.143 e. The minimum atomic E-state index is 0.327. The molecule has 1 nitrogen and oxygen atoms in total. The predicted octanol–water partition coefficient (Wildman–Crippen LogP) is 4.44. The predicted molar refractivity (Wildman–Crippen MR) is 77.6 cm³/mol. The Hall–Kier alpha value is -0.380. The highest BCUT2D eigenvalue weighted by Crippen LogP contribution is 2.41. The zero-order valence-electron chi connectivity index (χ0n) is 10.2. The quantitative estimate of drug-likeness (QED) is 0.246. The molecule has 0 spiro atoms. The minimum Gasteiger partial charge on any atom is -0.299 e. The Balaban J connectivity index is 2.85. The number of rotatable bonds is 3. The molecule has 0 bridgehead atoms. The van der Waals surface area contributed by atoms with E-state index in [0.29, 0.717) is 11.3 Å². The van der Waals surface area contributed by atoms with E-state index in [1.807, 2.05) is 6.08 Å². The number of hydrogen-bond acceptors (Lipinski definition) is 1. The molecule has 0 N–H and O–H groups in total. The second kappa shape index (κ2) is 5.80. The maximum atomic E-state index is 10.3. The fraction of sp³-hybridized carbons (Fsp3) is 0.500. The maximum Gasteiger partial charge on any atom is 0.143 e. The standard InChI is InChI=1S/C14H19IO/c1-11-5-4-9-14(2,3)13(11)7-6-12(15)8-10-16/h5-8,10,13H,4,9H2,1-3H3/b7-6+,12-8-. The summed E-state index contributed by atoms with van der Waals surface area (Å²) in [6.07, 6.45) is 11.4. The van der Waals surface area contributed by atoms with Gasteiger partial charge < -0.3 is 0 Å². The molecule has 16 heavy (non-hydrogen) atoms. The van der Waals surface area contributed by atoms with Gasteiger partial charge in [0.2, 0.25) is 0 Å². The van der Waals surface area contributed by atoms with Gasteiger partial charge >= 0.3 is 0 Å². The van der Waals surface area contributed by atoms with Gasteiger partial charge in [-0.2, -0.15) is 0 Å². The summed E-state index contributed by atoms with van der Waals surface area (Å²) in [6, 6.07) is 0. The fourth-order valence-corrected chi connectivity index (χ4v) is 2.65. The molecule has 0 aliphatic heterocycles. The molecular weight excluding hydrogens is 311 g/mol. The average Bonchev–Trinajstić information content (AvgIpc) is 2.16. The molecule has 0 heterocycles. The SMILES string of the molecule is CC1=CCCC(C)(C)C1/C=C/C(I)=C/C=O. The molecule has 0 amide bonds. The Kier molecular flexibility index (Phi) is 4.96. The maximum absolute atomic E-state index is 10.3. The number of carbonyl (C=O) groups excluding carboxylic acids is 1. The summed E-state index contributed by atoms with van der Waals surface area (Å²) in [7, 11) is 0. The molecule has 88 valence electrons. The third-order valence-corrected chi connectivity index (χ3v) is 3.98. The molecule has 0 fully saturated rings. The highest BCUT2D eigenvalue weighted by Gasteiger charge is 2.30. The van der Waals surface area contributed by atoms with Crippen molar-refractivity contribution in [3.8, 4) is 0 Å². The second-order valence-corrected chi connectivity index (χ2v) is 6.25. The Morgan fingerprint density at radius 2 is 2.25 bits per heavy atom. The van der Waals surface area contributed by atoms with E-state index in [0.717, 1.165) is 9.87 Å². The van der Waals surface area contributed by atoms with Gasteiger partial charge in [0.05, 0.1) is 0 Å². The Labute approximate surface area is 112 Å². The van der Waals surface area contributed by atoms with Crippen molar-refractivity contribution in [1.29, 1.82) is 0 Å². The van der Waals surface area contributed by atoms with Crippen LogP contribution in [0.15, 0.2) is 33.5 Å². The van der Waals surface area contributed by atoms with Crippen LogP contribution < -0.4 is 0 Å². The number of carbonyl (C=O) groups is 1. The molecule has 2 heteroatoms. The molecular formula is C14H19IO. The van der Waals surface area contributed by atoms with Crippen molar-refractivity contribution in [3.05, 3.63) is 33.5 Å². The van der Waals surface area contributed by atoms with Gasteiger partial charge in [-0.05, 0) is 53.8 Å². The summed E-state index contributed by atoms with van der Waals surface area (Å²) in [6.45, 7) is 6.83. The fourth-order valence-electron chi connectivity index (χ4n) is 2.29. The topological polar surface area (TPSA) is 17.1 Å². The summed E-state index contributed by atoms with van der Waals surface area (Å²) in [5.74, 6) is 0.492. The molecule has 0 radical (unpaired) electrons. The molecule has 1 unspecified atom stereocenters. The zero-order chi connectivity index (χ0) is 12.2. The van der Waals surface area contributed by atoms with Gasteiger partial charge in [-0.25, -0.2) is 0 Å². The molecule has 0 saturated carbocycles. The van der Waals surface area contributed by atoms with Crippen molar-refractivity contribution in [2.45, 2.75) is 33.6 Å². The van der Waals surface area contributed by atoms with Crippen LogP contribution in [0, 0.1) is 11.3 Å². The van der Waals surface area contributed by atoms with Crippen LogP contribution >= 0.6 is 22.6 Å². The molecule has 1 atom stereocenters. The van der Waals surface area contributed by atoms with Crippen LogP contribution in [0.4, 0.5) is 0 Å². The minimum absolute atomic E-state index is 0.327. The summed E-state index contributed by atoms with van der Waals surface area (Å²) >= 11 is 2.18. The molecule has 1 aliphatic rings. The van der Waals surface area contributed by atoms with Crippen LogP contribution in [0.25, 0.3) is 0 Å². The molecule has 0 aromatic rings. The van der Waals surface area contributed by atoms with E-state index in [9.17, 15) is 4.79 Å². The lowest BCUT2D eigenvalue weighted by Crippen LogP contribution is -2.26. The van der Waals surface area contributed by atoms with E-state index >= 15 is 0 Å². The van der Waals surface area contributed by atoms with Crippen molar-refractivity contribution < 1.29 is 4.79 Å². The van der Waals surface area contributed by atoms with E-state index in [2.05, 4.69) is 55.5 Å². The number of halogens is 1. The van der Waals surface area contributed by atoms with Crippen LogP contribution in [0.2, 0.25) is 0 Å². The number of hydrogen-bond donors (Lipinski definition) is 0. The van der Waals surface area contributed by atoms with Gasteiger partial charge in [-0.15, -0.1) is 0 Å². The van der Waals surface area contributed by atoms with E-state index in [-0.39, 0.29) is 0 Å². The van der Waals surface area contributed by atoms with Crippen LogP contribution in [-0.2, 0) is 4.79 Å². The largest absolute Gasteiger partial charge is 0.299 e. The van der Waals surface area contributed by atoms with Crippen LogP contribution in [-0.4, -0.2) is 6.29 Å². The highest BCUT2D eigenvalue weighted by molar-refractivity contribution is 14.1. The lowest BCUT2D eigenvalue weighted by molar-refractivity contribution is -0.104. The van der Waals surface area contributed by atoms with E-state index in [1.165, 1.54) is 18.4 Å². The lowest BCUT2D eigenvalue weighted by atomic mass is 9.68. The molecule has 0 aromatic heterocycles. The normalized spacial score (nSPS) is 25.6. The number of aldehydes is 1. The van der Waals surface area contributed by atoms with Crippen molar-refractivity contribution in [2.24, 2.45) is 11.3 Å². The lowest BCUT2D eigenvalue weighted by Gasteiger charge is -2.36. The van der Waals surface area contributed by atoms with E-state index < -0.39 is 0 Å². The first-order valence-electron chi connectivity index (χ1n) is 5.63. The van der Waals surface area contributed by atoms with E-state index in [4.69, 9.17) is 0 Å². The Morgan fingerprint density at radius 3 is 2.81 bits per heavy atom. The van der Waals surface area contributed by atoms with Crippen LogP contribution in [0.5, 0.6) is 0 Å². The average molecular weight is 330 g/mol. The van der Waals surface area contributed by atoms with Gasteiger partial charge in [-0.3, -0.25) is 4.79 Å². The van der Waals surface area contributed by atoms with Crippen molar-refractivity contribution >= 4 is 28.9 Å². The molecule has 1 rings (SSSR count). The Morgan fingerprint density at radius 1 is 1.56 bits per heavy atom. The van der Waals surface area contributed by atoms with Crippen molar-refractivity contribution in [1.82, 2.24) is 0 Å². The van der Waals surface area contributed by atoms with Crippen molar-refractivity contribution in [3.63, 3.8) is 0 Å². The monoisotopic (exact) mass is 330 g/mol. The first kappa shape index (κ1) is 13.7. The van der Waals surface area contributed by atoms with E-state index in [1.54, 1.807) is 6.08 Å². The third kappa shape index (κ3) is 3.58. The Bertz CT molecular complexity index is 348. The van der Waals surface area contributed by atoms with Gasteiger partial charge in [0.15, 0.2) is 0 Å². The van der Waals surface area contributed by atoms with Crippen LogP contribution in [0.1, 0.15) is 33.6 Å². The van der Waals surface area contributed by atoms with Gasteiger partial charge in [0.25, 0.3) is 0 Å². The zero-order valence-corrected chi connectivity index (χ0v) is 12.3. The summed E-state index contributed by atoms with van der Waals surface area (Å²) in [4.78, 5) is 10.3. The molecule has 0 aromatic carbocycles. The summed E-state index contributed by atoms with van der Waals surface area (Å²) in [5.41, 5.74) is 1.77. The first-order chi connectivity index (χ1) is 7.47. The second-order valence-electron chi connectivity index (χ2n) is 5.00. The van der Waals surface area contributed by atoms with Gasteiger partial charge in [0, 0.05) is 9.50 Å². The summed E-state index contributed by atoms with van der Waals surface area (Å²) in [5, 5.41) is 0. The first-order valence-corrected chi connectivity index (χ1v) is 6.71. The molecule has 0 saturated heterocycles. The summed E-state index contributed by atoms with van der Waals surface area (Å²) < 4.78 is 0.988. The van der Waals surface area contributed by atoms with Gasteiger partial charge in [0.1, 0.15) is 6.29 Å². The molecule has 1 aliphatic carbocycles. The number of allylic oxidation sites excluding steroid dienone is 6. The van der Waals surface area contributed by atoms with Crippen molar-refractivity contribution in [2.75, 3.05) is 0 Å². The van der Waals surface area contributed by atoms with Gasteiger partial charge in [-0.1, -0.05) is 37.6 Å². The van der Waals surface area contributed by atoms with Crippen LogP contribution in [0.3, 0.4) is 0 Å². The third-order valence-electron chi connectivity index (χ3n) is 3.26. The highest BCUT2D eigenvalue weighted by atomic mass is 127.